The smallest absolute Gasteiger partial charge is 0.399 e. The fourth-order valence-corrected chi connectivity index (χ4v) is 3.75. The van der Waals surface area contributed by atoms with Crippen LogP contribution >= 0.6 is 11.6 Å². The number of rotatable bonds is 3. The molecule has 2 aliphatic rings. The van der Waals surface area contributed by atoms with Gasteiger partial charge in [-0.1, -0.05) is 30.5 Å². The van der Waals surface area contributed by atoms with Gasteiger partial charge in [0, 0.05) is 29.1 Å². The number of hydrogen-bond acceptors (Lipinski definition) is 3. The molecule has 25 heavy (non-hydrogen) atoms. The number of amides is 1. The highest BCUT2D eigenvalue weighted by Gasteiger charge is 2.52. The minimum atomic E-state index is -0.519. The summed E-state index contributed by atoms with van der Waals surface area (Å²) in [4.78, 5) is 14.6. The summed E-state index contributed by atoms with van der Waals surface area (Å²) in [6.45, 7) is 8.04. The van der Waals surface area contributed by atoms with Crippen molar-refractivity contribution in [1.82, 2.24) is 4.90 Å². The highest BCUT2D eigenvalue weighted by molar-refractivity contribution is 6.65. The molecule has 4 nitrogen and oxygen atoms in total. The molecule has 6 heteroatoms. The predicted molar refractivity (Wildman–Crippen MR) is 102 cm³/mol. The lowest BCUT2D eigenvalue weighted by Gasteiger charge is -2.32. The molecular formula is C19H27BClNO3. The SMILES string of the molecule is CN(C(=O)c1ccc(B2OC(C)(C)C(C)(C)O2)c(Cl)c1)C1CCCC1. The zero-order chi connectivity index (χ0) is 18.4. The van der Waals surface area contributed by atoms with E-state index in [2.05, 4.69) is 0 Å². The Labute approximate surface area is 156 Å². The minimum Gasteiger partial charge on any atom is -0.399 e. The average molecular weight is 364 g/mol. The van der Waals surface area contributed by atoms with Gasteiger partial charge in [-0.05, 0) is 52.7 Å². The van der Waals surface area contributed by atoms with Crippen LogP contribution in [0.3, 0.4) is 0 Å². The zero-order valence-corrected chi connectivity index (χ0v) is 16.5. The van der Waals surface area contributed by atoms with Crippen molar-refractivity contribution in [2.24, 2.45) is 0 Å². The Hall–Kier alpha value is -1.04. The van der Waals surface area contributed by atoms with E-state index in [1.165, 1.54) is 12.8 Å². The lowest BCUT2D eigenvalue weighted by molar-refractivity contribution is 0.00578. The van der Waals surface area contributed by atoms with Gasteiger partial charge in [0.25, 0.3) is 5.91 Å². The summed E-state index contributed by atoms with van der Waals surface area (Å²) in [5, 5.41) is 0.504. The molecule has 136 valence electrons. The van der Waals surface area contributed by atoms with Crippen LogP contribution in [0.1, 0.15) is 63.7 Å². The molecule has 1 aromatic rings. The molecule has 1 heterocycles. The number of hydrogen-bond donors (Lipinski definition) is 0. The molecule has 1 aliphatic carbocycles. The van der Waals surface area contributed by atoms with Gasteiger partial charge >= 0.3 is 7.12 Å². The summed E-state index contributed by atoms with van der Waals surface area (Å²) in [6, 6.07) is 5.74. The van der Waals surface area contributed by atoms with Crippen LogP contribution in [0.2, 0.25) is 5.02 Å². The van der Waals surface area contributed by atoms with Crippen molar-refractivity contribution in [3.05, 3.63) is 28.8 Å². The number of nitrogens with zero attached hydrogens (tertiary/aromatic N) is 1. The van der Waals surface area contributed by atoms with E-state index < -0.39 is 18.3 Å². The van der Waals surface area contributed by atoms with Gasteiger partial charge in [0.15, 0.2) is 0 Å². The van der Waals surface area contributed by atoms with Crippen molar-refractivity contribution in [3.8, 4) is 0 Å². The summed E-state index contributed by atoms with van der Waals surface area (Å²) in [7, 11) is 1.36. The number of carbonyl (C=O) groups is 1. The third-order valence-corrected chi connectivity index (χ3v) is 6.27. The third kappa shape index (κ3) is 3.47. The molecule has 0 radical (unpaired) electrons. The predicted octanol–water partition coefficient (Wildman–Crippen LogP) is 3.65. The zero-order valence-electron chi connectivity index (χ0n) is 15.8. The van der Waals surface area contributed by atoms with Crippen molar-refractivity contribution in [2.45, 2.75) is 70.6 Å². The molecule has 3 rings (SSSR count). The maximum atomic E-state index is 12.7. The Morgan fingerprint density at radius 1 is 1.16 bits per heavy atom. The summed E-state index contributed by atoms with van der Waals surface area (Å²) < 4.78 is 12.1. The van der Waals surface area contributed by atoms with Crippen LogP contribution in [0.5, 0.6) is 0 Å². The Morgan fingerprint density at radius 3 is 2.24 bits per heavy atom. The molecule has 0 N–H and O–H groups in total. The van der Waals surface area contributed by atoms with Crippen LogP contribution in [-0.2, 0) is 9.31 Å². The lowest BCUT2D eigenvalue weighted by atomic mass is 9.78. The second-order valence-electron chi connectivity index (χ2n) is 8.18. The summed E-state index contributed by atoms with van der Waals surface area (Å²) in [6.07, 6.45) is 4.57. The van der Waals surface area contributed by atoms with Crippen LogP contribution in [0, 0.1) is 0 Å². The molecule has 1 saturated heterocycles. The number of halogens is 1. The summed E-state index contributed by atoms with van der Waals surface area (Å²) in [5.74, 6) is 0.0225. The molecule has 1 aliphatic heterocycles. The first-order valence-electron chi connectivity index (χ1n) is 9.04. The van der Waals surface area contributed by atoms with Crippen LogP contribution in [0.25, 0.3) is 0 Å². The first-order valence-corrected chi connectivity index (χ1v) is 9.42. The van der Waals surface area contributed by atoms with Crippen molar-refractivity contribution < 1.29 is 14.1 Å². The third-order valence-electron chi connectivity index (χ3n) is 5.95. The highest BCUT2D eigenvalue weighted by atomic mass is 35.5. The van der Waals surface area contributed by atoms with Crippen molar-refractivity contribution in [2.75, 3.05) is 7.05 Å². The van der Waals surface area contributed by atoms with Gasteiger partial charge in [-0.2, -0.15) is 0 Å². The number of carbonyl (C=O) groups excluding carboxylic acids is 1. The van der Waals surface area contributed by atoms with Gasteiger partial charge < -0.3 is 14.2 Å². The normalized spacial score (nSPS) is 22.4. The standard InChI is InChI=1S/C19H27BClNO3/c1-18(2)19(3,4)25-20(24-18)15-11-10-13(12-16(15)21)17(23)22(5)14-8-6-7-9-14/h10-12,14H,6-9H2,1-5H3. The van der Waals surface area contributed by atoms with Crippen molar-refractivity contribution in [1.29, 1.82) is 0 Å². The summed E-state index contributed by atoms with van der Waals surface area (Å²) >= 11 is 6.47. The minimum absolute atomic E-state index is 0.0225. The second-order valence-corrected chi connectivity index (χ2v) is 8.59. The van der Waals surface area contributed by atoms with E-state index in [0.29, 0.717) is 16.6 Å². The molecular weight excluding hydrogens is 336 g/mol. The first kappa shape index (κ1) is 18.7. The maximum absolute atomic E-state index is 12.7. The Balaban J connectivity index is 1.78. The van der Waals surface area contributed by atoms with Gasteiger partial charge in [0.05, 0.1) is 11.2 Å². The molecule has 0 spiro atoms. The van der Waals surface area contributed by atoms with Gasteiger partial charge in [0.2, 0.25) is 0 Å². The molecule has 1 amide bonds. The van der Waals surface area contributed by atoms with E-state index in [-0.39, 0.29) is 5.91 Å². The molecule has 1 saturated carbocycles. The molecule has 0 atom stereocenters. The van der Waals surface area contributed by atoms with Crippen LogP contribution in [-0.4, -0.2) is 42.2 Å². The monoisotopic (exact) mass is 363 g/mol. The molecule has 0 bridgehead atoms. The average Bonchev–Trinajstić information content (AvgIpc) is 3.12. The largest absolute Gasteiger partial charge is 0.496 e. The quantitative estimate of drug-likeness (QED) is 0.769. The van der Waals surface area contributed by atoms with E-state index in [0.717, 1.165) is 18.3 Å². The van der Waals surface area contributed by atoms with Crippen molar-refractivity contribution in [3.63, 3.8) is 0 Å². The molecule has 0 aromatic heterocycles. The molecule has 1 aromatic carbocycles. The fraction of sp³-hybridized carbons (Fsp3) is 0.632. The maximum Gasteiger partial charge on any atom is 0.496 e. The van der Waals surface area contributed by atoms with Crippen molar-refractivity contribution >= 4 is 30.1 Å². The Bertz CT molecular complexity index is 655. The van der Waals surface area contributed by atoms with E-state index in [9.17, 15) is 4.79 Å². The fourth-order valence-electron chi connectivity index (χ4n) is 3.48. The Kier molecular flexibility index (Phi) is 4.95. The summed E-state index contributed by atoms with van der Waals surface area (Å²) in [5.41, 5.74) is 0.538. The van der Waals surface area contributed by atoms with E-state index in [1.807, 2.05) is 51.8 Å². The Morgan fingerprint density at radius 2 is 1.72 bits per heavy atom. The van der Waals surface area contributed by atoms with Crippen LogP contribution in [0.15, 0.2) is 18.2 Å². The van der Waals surface area contributed by atoms with Gasteiger partial charge in [-0.3, -0.25) is 4.79 Å². The van der Waals surface area contributed by atoms with Gasteiger partial charge in [-0.25, -0.2) is 0 Å². The van der Waals surface area contributed by atoms with E-state index in [1.54, 1.807) is 6.07 Å². The lowest BCUT2D eigenvalue weighted by Crippen LogP contribution is -2.41. The van der Waals surface area contributed by atoms with Gasteiger partial charge in [0.1, 0.15) is 0 Å². The van der Waals surface area contributed by atoms with Gasteiger partial charge in [-0.15, -0.1) is 0 Å². The topological polar surface area (TPSA) is 38.8 Å². The van der Waals surface area contributed by atoms with E-state index in [4.69, 9.17) is 20.9 Å². The second kappa shape index (κ2) is 6.60. The van der Waals surface area contributed by atoms with Crippen LogP contribution in [0.4, 0.5) is 0 Å². The first-order chi connectivity index (χ1) is 11.6. The molecule has 0 unspecified atom stereocenters. The molecule has 2 fully saturated rings. The van der Waals surface area contributed by atoms with Crippen LogP contribution < -0.4 is 5.46 Å². The highest BCUT2D eigenvalue weighted by Crippen LogP contribution is 2.37. The van der Waals surface area contributed by atoms with E-state index >= 15 is 0 Å². The number of benzene rings is 1.